The predicted molar refractivity (Wildman–Crippen MR) is 74.9 cm³/mol. The highest BCUT2D eigenvalue weighted by molar-refractivity contribution is 5.61. The van der Waals surface area contributed by atoms with E-state index in [0.717, 1.165) is 5.69 Å². The second kappa shape index (κ2) is 5.53. The number of hydrogen-bond acceptors (Lipinski definition) is 2. The average molecular weight is 254 g/mol. The van der Waals surface area contributed by atoms with E-state index in [4.69, 9.17) is 5.26 Å². The molecule has 0 aliphatic carbocycles. The maximum absolute atomic E-state index is 13.3. The molecule has 3 heteroatoms. The van der Waals surface area contributed by atoms with Gasteiger partial charge in [0.15, 0.2) is 0 Å². The number of benzene rings is 2. The molecule has 0 aliphatic heterocycles. The maximum atomic E-state index is 13.3. The van der Waals surface area contributed by atoms with Crippen LogP contribution in [0, 0.1) is 17.1 Å². The summed E-state index contributed by atoms with van der Waals surface area (Å²) in [6, 6.07) is 14.1. The van der Waals surface area contributed by atoms with Crippen molar-refractivity contribution in [1.29, 1.82) is 5.26 Å². The molecular formula is C16H15FN2. The van der Waals surface area contributed by atoms with Crippen molar-refractivity contribution in [2.24, 2.45) is 0 Å². The van der Waals surface area contributed by atoms with E-state index in [9.17, 15) is 4.39 Å². The van der Waals surface area contributed by atoms with Gasteiger partial charge in [0.1, 0.15) is 5.82 Å². The number of nitrogens with zero attached hydrogens (tertiary/aromatic N) is 1. The average Bonchev–Trinajstić information content (AvgIpc) is 2.38. The third-order valence-electron chi connectivity index (χ3n) is 2.89. The molecule has 0 amide bonds. The van der Waals surface area contributed by atoms with Crippen molar-refractivity contribution < 1.29 is 4.39 Å². The van der Waals surface area contributed by atoms with Gasteiger partial charge in [0.2, 0.25) is 0 Å². The van der Waals surface area contributed by atoms with Gasteiger partial charge in [-0.15, -0.1) is 0 Å². The molecule has 2 rings (SSSR count). The minimum Gasteiger partial charge on any atom is -0.355 e. The summed E-state index contributed by atoms with van der Waals surface area (Å²) >= 11 is 0. The van der Waals surface area contributed by atoms with E-state index in [1.807, 2.05) is 30.3 Å². The lowest BCUT2D eigenvalue weighted by Gasteiger charge is -2.09. The van der Waals surface area contributed by atoms with Crippen molar-refractivity contribution in [2.75, 3.05) is 5.32 Å². The zero-order valence-electron chi connectivity index (χ0n) is 10.9. The zero-order valence-corrected chi connectivity index (χ0v) is 10.9. The van der Waals surface area contributed by atoms with Gasteiger partial charge in [-0.1, -0.05) is 26.0 Å². The van der Waals surface area contributed by atoms with Crippen molar-refractivity contribution in [3.05, 3.63) is 59.4 Å². The first-order chi connectivity index (χ1) is 9.08. The molecule has 19 heavy (non-hydrogen) atoms. The van der Waals surface area contributed by atoms with Crippen LogP contribution in [0.5, 0.6) is 0 Å². The fourth-order valence-electron chi connectivity index (χ4n) is 1.84. The first-order valence-corrected chi connectivity index (χ1v) is 6.16. The van der Waals surface area contributed by atoms with Crippen LogP contribution >= 0.6 is 0 Å². The van der Waals surface area contributed by atoms with Gasteiger partial charge in [-0.05, 0) is 41.8 Å². The molecule has 2 aromatic carbocycles. The summed E-state index contributed by atoms with van der Waals surface area (Å²) < 4.78 is 13.3. The van der Waals surface area contributed by atoms with Crippen LogP contribution in [0.15, 0.2) is 42.5 Å². The number of nitrogens with one attached hydrogen (secondary N) is 1. The molecule has 0 radical (unpaired) electrons. The molecule has 0 bridgehead atoms. The van der Waals surface area contributed by atoms with Crippen LogP contribution in [0.3, 0.4) is 0 Å². The molecule has 2 nitrogen and oxygen atoms in total. The summed E-state index contributed by atoms with van der Waals surface area (Å²) in [6.45, 7) is 4.27. The quantitative estimate of drug-likeness (QED) is 0.871. The molecule has 0 aliphatic rings. The lowest BCUT2D eigenvalue weighted by molar-refractivity contribution is 0.628. The third kappa shape index (κ3) is 3.32. The number of nitriles is 1. The maximum Gasteiger partial charge on any atom is 0.126 e. The van der Waals surface area contributed by atoms with E-state index >= 15 is 0 Å². The number of anilines is 2. The highest BCUT2D eigenvalue weighted by Crippen LogP contribution is 2.22. The molecule has 0 unspecified atom stereocenters. The minimum atomic E-state index is -0.416. The summed E-state index contributed by atoms with van der Waals surface area (Å²) in [5.74, 6) is 0.0637. The predicted octanol–water partition coefficient (Wildman–Crippen LogP) is 4.56. The first kappa shape index (κ1) is 13.1. The van der Waals surface area contributed by atoms with E-state index in [2.05, 4.69) is 19.2 Å². The van der Waals surface area contributed by atoms with Gasteiger partial charge in [0.25, 0.3) is 0 Å². The molecule has 0 spiro atoms. The van der Waals surface area contributed by atoms with Gasteiger partial charge in [0, 0.05) is 11.4 Å². The van der Waals surface area contributed by atoms with Crippen LogP contribution in [0.4, 0.5) is 15.8 Å². The summed E-state index contributed by atoms with van der Waals surface area (Å²) in [6.07, 6.45) is 0. The Bertz CT molecular complexity index is 610. The van der Waals surface area contributed by atoms with E-state index in [1.54, 1.807) is 6.07 Å². The molecule has 0 saturated heterocycles. The Hall–Kier alpha value is -2.34. The Morgan fingerprint density at radius 1 is 1.05 bits per heavy atom. The van der Waals surface area contributed by atoms with Gasteiger partial charge in [-0.25, -0.2) is 4.39 Å². The lowest BCUT2D eigenvalue weighted by Crippen LogP contribution is -1.93. The van der Waals surface area contributed by atoms with E-state index < -0.39 is 5.82 Å². The van der Waals surface area contributed by atoms with Gasteiger partial charge >= 0.3 is 0 Å². The first-order valence-electron chi connectivity index (χ1n) is 6.16. The van der Waals surface area contributed by atoms with Crippen LogP contribution in [0.25, 0.3) is 0 Å². The SMILES string of the molecule is CC(C)c1ccc(Nc2cc(F)cc(C#N)c2)cc1. The van der Waals surface area contributed by atoms with Crippen molar-refractivity contribution in [3.63, 3.8) is 0 Å². The zero-order chi connectivity index (χ0) is 13.8. The number of rotatable bonds is 3. The topological polar surface area (TPSA) is 35.8 Å². The Morgan fingerprint density at radius 2 is 1.74 bits per heavy atom. The molecule has 0 fully saturated rings. The third-order valence-corrected chi connectivity index (χ3v) is 2.89. The van der Waals surface area contributed by atoms with E-state index in [1.165, 1.54) is 17.7 Å². The monoisotopic (exact) mass is 254 g/mol. The van der Waals surface area contributed by atoms with E-state index in [-0.39, 0.29) is 0 Å². The normalized spacial score (nSPS) is 10.3. The van der Waals surface area contributed by atoms with Crippen molar-refractivity contribution in [1.82, 2.24) is 0 Å². The lowest BCUT2D eigenvalue weighted by atomic mass is 10.0. The highest BCUT2D eigenvalue weighted by atomic mass is 19.1. The Labute approximate surface area is 112 Å². The fourth-order valence-corrected chi connectivity index (χ4v) is 1.84. The molecule has 0 saturated carbocycles. The van der Waals surface area contributed by atoms with Gasteiger partial charge in [-0.3, -0.25) is 0 Å². The van der Waals surface area contributed by atoms with Crippen LogP contribution in [0.2, 0.25) is 0 Å². The van der Waals surface area contributed by atoms with Crippen LogP contribution in [0.1, 0.15) is 30.9 Å². The Morgan fingerprint density at radius 3 is 2.32 bits per heavy atom. The second-order valence-corrected chi connectivity index (χ2v) is 4.74. The highest BCUT2D eigenvalue weighted by Gasteiger charge is 2.02. The molecular weight excluding hydrogens is 239 g/mol. The van der Waals surface area contributed by atoms with Crippen LogP contribution in [-0.4, -0.2) is 0 Å². The molecule has 96 valence electrons. The number of hydrogen-bond donors (Lipinski definition) is 1. The fraction of sp³-hybridized carbons (Fsp3) is 0.188. The molecule has 0 heterocycles. The molecule has 0 aromatic heterocycles. The second-order valence-electron chi connectivity index (χ2n) is 4.74. The van der Waals surface area contributed by atoms with E-state index in [0.29, 0.717) is 17.2 Å². The largest absolute Gasteiger partial charge is 0.355 e. The Kier molecular flexibility index (Phi) is 3.82. The standard InChI is InChI=1S/C16H15FN2/c1-11(2)13-3-5-15(6-4-13)19-16-8-12(10-18)7-14(17)9-16/h3-9,11,19H,1-2H3. The summed E-state index contributed by atoms with van der Waals surface area (Å²) in [7, 11) is 0. The van der Waals surface area contributed by atoms with Crippen molar-refractivity contribution in [2.45, 2.75) is 19.8 Å². The van der Waals surface area contributed by atoms with Crippen molar-refractivity contribution >= 4 is 11.4 Å². The number of halogens is 1. The minimum absolute atomic E-state index is 0.307. The Balaban J connectivity index is 2.21. The smallest absolute Gasteiger partial charge is 0.126 e. The van der Waals surface area contributed by atoms with Crippen molar-refractivity contribution in [3.8, 4) is 6.07 Å². The van der Waals surface area contributed by atoms with Crippen LogP contribution in [-0.2, 0) is 0 Å². The molecule has 0 atom stereocenters. The molecule has 1 N–H and O–H groups in total. The summed E-state index contributed by atoms with van der Waals surface area (Å²) in [4.78, 5) is 0. The summed E-state index contributed by atoms with van der Waals surface area (Å²) in [5.41, 5.74) is 3.01. The molecule has 2 aromatic rings. The summed E-state index contributed by atoms with van der Waals surface area (Å²) in [5, 5.41) is 11.9. The van der Waals surface area contributed by atoms with Gasteiger partial charge < -0.3 is 5.32 Å². The van der Waals surface area contributed by atoms with Gasteiger partial charge in [-0.2, -0.15) is 5.26 Å². The van der Waals surface area contributed by atoms with Gasteiger partial charge in [0.05, 0.1) is 11.6 Å². The van der Waals surface area contributed by atoms with Crippen LogP contribution < -0.4 is 5.32 Å².